The number of carbonyl (C=O) groups is 1. The van der Waals surface area contributed by atoms with Crippen molar-refractivity contribution in [2.75, 3.05) is 32.1 Å². The van der Waals surface area contributed by atoms with Gasteiger partial charge in [0.2, 0.25) is 5.91 Å². The number of likely N-dealkylation sites (N-methyl/N-ethyl adjacent to an activating group) is 1. The van der Waals surface area contributed by atoms with Gasteiger partial charge in [0.1, 0.15) is 0 Å². The standard InChI is InChI=1S/C15H22N2O2/c1-12-5-3-6-13(9-12)16-15(18)11-17(2)10-14-7-4-8-19-14/h3,5-6,9,14H,4,7-8,10-11H2,1-2H3,(H,16,18). The Kier molecular flexibility index (Phi) is 4.93. The molecule has 0 aromatic heterocycles. The Hall–Kier alpha value is -1.39. The van der Waals surface area contributed by atoms with Crippen LogP contribution in [-0.2, 0) is 9.53 Å². The van der Waals surface area contributed by atoms with Crippen LogP contribution < -0.4 is 5.32 Å². The molecule has 1 N–H and O–H groups in total. The molecule has 1 aromatic rings. The van der Waals surface area contributed by atoms with Gasteiger partial charge in [0.05, 0.1) is 12.6 Å². The van der Waals surface area contributed by atoms with E-state index in [9.17, 15) is 4.79 Å². The lowest BCUT2D eigenvalue weighted by molar-refractivity contribution is -0.117. The maximum atomic E-state index is 11.9. The van der Waals surface area contributed by atoms with Crippen LogP contribution in [0.1, 0.15) is 18.4 Å². The molecule has 0 saturated carbocycles. The Morgan fingerprint density at radius 3 is 3.05 bits per heavy atom. The molecule has 0 radical (unpaired) electrons. The van der Waals surface area contributed by atoms with Crippen molar-refractivity contribution in [1.82, 2.24) is 4.90 Å². The van der Waals surface area contributed by atoms with Gasteiger partial charge in [-0.05, 0) is 44.5 Å². The number of ether oxygens (including phenoxy) is 1. The van der Waals surface area contributed by atoms with Gasteiger partial charge in [-0.1, -0.05) is 12.1 Å². The molecular weight excluding hydrogens is 240 g/mol. The minimum Gasteiger partial charge on any atom is -0.377 e. The summed E-state index contributed by atoms with van der Waals surface area (Å²) < 4.78 is 5.57. The summed E-state index contributed by atoms with van der Waals surface area (Å²) >= 11 is 0. The van der Waals surface area contributed by atoms with Crippen LogP contribution in [0.2, 0.25) is 0 Å². The number of nitrogens with one attached hydrogen (secondary N) is 1. The highest BCUT2D eigenvalue weighted by atomic mass is 16.5. The maximum Gasteiger partial charge on any atom is 0.238 e. The molecule has 1 saturated heterocycles. The average Bonchev–Trinajstić information content (AvgIpc) is 2.81. The Balaban J connectivity index is 1.77. The second kappa shape index (κ2) is 6.68. The Morgan fingerprint density at radius 1 is 1.53 bits per heavy atom. The number of aryl methyl sites for hydroxylation is 1. The van der Waals surface area contributed by atoms with Crippen LogP contribution in [0.15, 0.2) is 24.3 Å². The van der Waals surface area contributed by atoms with E-state index in [1.165, 1.54) is 0 Å². The third kappa shape index (κ3) is 4.65. The van der Waals surface area contributed by atoms with Crippen molar-refractivity contribution in [2.24, 2.45) is 0 Å². The van der Waals surface area contributed by atoms with E-state index in [4.69, 9.17) is 4.74 Å². The summed E-state index contributed by atoms with van der Waals surface area (Å²) in [5.41, 5.74) is 2.00. The van der Waals surface area contributed by atoms with Gasteiger partial charge in [-0.15, -0.1) is 0 Å². The summed E-state index contributed by atoms with van der Waals surface area (Å²) in [6.45, 7) is 4.09. The van der Waals surface area contributed by atoms with Crippen LogP contribution in [0, 0.1) is 6.92 Å². The third-order valence-corrected chi connectivity index (χ3v) is 3.25. The molecule has 1 aliphatic rings. The van der Waals surface area contributed by atoms with Crippen LogP contribution in [0.25, 0.3) is 0 Å². The molecule has 1 atom stereocenters. The first-order valence-corrected chi connectivity index (χ1v) is 6.80. The van der Waals surface area contributed by atoms with E-state index < -0.39 is 0 Å². The minimum atomic E-state index is 0.0195. The number of anilines is 1. The molecule has 1 fully saturated rings. The van der Waals surface area contributed by atoms with Crippen molar-refractivity contribution >= 4 is 11.6 Å². The second-order valence-corrected chi connectivity index (χ2v) is 5.25. The fourth-order valence-electron chi connectivity index (χ4n) is 2.37. The van der Waals surface area contributed by atoms with Crippen molar-refractivity contribution < 1.29 is 9.53 Å². The van der Waals surface area contributed by atoms with Crippen molar-refractivity contribution in [3.05, 3.63) is 29.8 Å². The molecule has 4 heteroatoms. The van der Waals surface area contributed by atoms with Gasteiger partial charge in [0.15, 0.2) is 0 Å². The third-order valence-electron chi connectivity index (χ3n) is 3.25. The van der Waals surface area contributed by atoms with Crippen LogP contribution in [0.3, 0.4) is 0 Å². The average molecular weight is 262 g/mol. The van der Waals surface area contributed by atoms with Gasteiger partial charge in [-0.2, -0.15) is 0 Å². The number of hydrogen-bond acceptors (Lipinski definition) is 3. The summed E-state index contributed by atoms with van der Waals surface area (Å²) in [4.78, 5) is 13.9. The molecule has 0 spiro atoms. The molecule has 104 valence electrons. The van der Waals surface area contributed by atoms with Crippen molar-refractivity contribution in [1.29, 1.82) is 0 Å². The molecule has 1 unspecified atom stereocenters. The number of benzene rings is 1. The largest absolute Gasteiger partial charge is 0.377 e. The first-order chi connectivity index (χ1) is 9.13. The fraction of sp³-hybridized carbons (Fsp3) is 0.533. The quantitative estimate of drug-likeness (QED) is 0.883. The summed E-state index contributed by atoms with van der Waals surface area (Å²) in [5, 5.41) is 2.92. The van der Waals surface area contributed by atoms with E-state index in [0.717, 1.165) is 37.2 Å². The molecule has 4 nitrogen and oxygen atoms in total. The summed E-state index contributed by atoms with van der Waals surface area (Å²) in [5.74, 6) is 0.0195. The Bertz CT molecular complexity index is 428. The highest BCUT2D eigenvalue weighted by Crippen LogP contribution is 2.13. The normalized spacial score (nSPS) is 18.8. The van der Waals surface area contributed by atoms with Crippen molar-refractivity contribution in [2.45, 2.75) is 25.9 Å². The fourth-order valence-corrected chi connectivity index (χ4v) is 2.37. The zero-order chi connectivity index (χ0) is 13.7. The van der Waals surface area contributed by atoms with Gasteiger partial charge in [-0.3, -0.25) is 9.69 Å². The Morgan fingerprint density at radius 2 is 2.37 bits per heavy atom. The first-order valence-electron chi connectivity index (χ1n) is 6.80. The van der Waals surface area contributed by atoms with E-state index in [-0.39, 0.29) is 12.0 Å². The number of hydrogen-bond donors (Lipinski definition) is 1. The molecule has 0 bridgehead atoms. The molecule has 1 amide bonds. The van der Waals surface area contributed by atoms with Gasteiger partial charge in [0, 0.05) is 18.8 Å². The SMILES string of the molecule is Cc1cccc(NC(=O)CN(C)CC2CCCO2)c1. The molecule has 1 aromatic carbocycles. The molecule has 1 aliphatic heterocycles. The highest BCUT2D eigenvalue weighted by Gasteiger charge is 2.18. The van der Waals surface area contributed by atoms with E-state index >= 15 is 0 Å². The maximum absolute atomic E-state index is 11.9. The van der Waals surface area contributed by atoms with E-state index in [1.807, 2.05) is 43.1 Å². The van der Waals surface area contributed by atoms with Crippen molar-refractivity contribution in [3.63, 3.8) is 0 Å². The van der Waals surface area contributed by atoms with E-state index in [2.05, 4.69) is 5.32 Å². The van der Waals surface area contributed by atoms with Gasteiger partial charge in [-0.25, -0.2) is 0 Å². The number of amides is 1. The Labute approximate surface area is 114 Å². The van der Waals surface area contributed by atoms with Gasteiger partial charge >= 0.3 is 0 Å². The lowest BCUT2D eigenvalue weighted by Gasteiger charge is -2.19. The second-order valence-electron chi connectivity index (χ2n) is 5.25. The summed E-state index contributed by atoms with van der Waals surface area (Å²) in [7, 11) is 1.96. The van der Waals surface area contributed by atoms with Gasteiger partial charge in [0.25, 0.3) is 0 Å². The van der Waals surface area contributed by atoms with E-state index in [1.54, 1.807) is 0 Å². The molecular formula is C15H22N2O2. The summed E-state index contributed by atoms with van der Waals surface area (Å²) in [6, 6.07) is 7.84. The highest BCUT2D eigenvalue weighted by molar-refractivity contribution is 5.92. The van der Waals surface area contributed by atoms with Crippen molar-refractivity contribution in [3.8, 4) is 0 Å². The molecule has 19 heavy (non-hydrogen) atoms. The lowest BCUT2D eigenvalue weighted by Crippen LogP contribution is -2.35. The summed E-state index contributed by atoms with van der Waals surface area (Å²) in [6.07, 6.45) is 2.52. The monoisotopic (exact) mass is 262 g/mol. The van der Waals surface area contributed by atoms with Crippen LogP contribution in [0.4, 0.5) is 5.69 Å². The van der Waals surface area contributed by atoms with Gasteiger partial charge < -0.3 is 10.1 Å². The number of carbonyl (C=O) groups excluding carboxylic acids is 1. The minimum absolute atomic E-state index is 0.0195. The predicted octanol–water partition coefficient (Wildman–Crippen LogP) is 2.04. The van der Waals surface area contributed by atoms with E-state index in [0.29, 0.717) is 6.54 Å². The molecule has 1 heterocycles. The zero-order valence-corrected chi connectivity index (χ0v) is 11.7. The predicted molar refractivity (Wildman–Crippen MR) is 76.3 cm³/mol. The topological polar surface area (TPSA) is 41.6 Å². The van der Waals surface area contributed by atoms with Crippen LogP contribution in [-0.4, -0.2) is 43.7 Å². The molecule has 2 rings (SSSR count). The molecule has 0 aliphatic carbocycles. The lowest BCUT2D eigenvalue weighted by atomic mass is 10.2. The first kappa shape index (κ1) is 14.0. The number of nitrogens with zero attached hydrogens (tertiary/aromatic N) is 1. The zero-order valence-electron chi connectivity index (χ0n) is 11.7. The van der Waals surface area contributed by atoms with Crippen LogP contribution in [0.5, 0.6) is 0 Å². The number of rotatable bonds is 5. The van der Waals surface area contributed by atoms with Crippen LogP contribution >= 0.6 is 0 Å². The smallest absolute Gasteiger partial charge is 0.238 e.